The lowest BCUT2D eigenvalue weighted by atomic mass is 9.80. The van der Waals surface area contributed by atoms with Crippen molar-refractivity contribution in [2.75, 3.05) is 24.7 Å². The molecule has 1 aromatic heterocycles. The van der Waals surface area contributed by atoms with Crippen molar-refractivity contribution < 1.29 is 18.7 Å². The number of benzene rings is 1. The van der Waals surface area contributed by atoms with E-state index in [1.807, 2.05) is 0 Å². The van der Waals surface area contributed by atoms with Crippen molar-refractivity contribution in [1.82, 2.24) is 20.2 Å². The predicted octanol–water partition coefficient (Wildman–Crippen LogP) is 3.90. The van der Waals surface area contributed by atoms with Crippen LogP contribution in [0.3, 0.4) is 0 Å². The van der Waals surface area contributed by atoms with E-state index in [0.29, 0.717) is 23.0 Å². The number of rotatable bonds is 6. The summed E-state index contributed by atoms with van der Waals surface area (Å²) >= 11 is 0. The van der Waals surface area contributed by atoms with Gasteiger partial charge in [0.05, 0.1) is 11.8 Å². The first-order valence-electron chi connectivity index (χ1n) is 11.8. The van der Waals surface area contributed by atoms with E-state index in [9.17, 15) is 14.0 Å². The summed E-state index contributed by atoms with van der Waals surface area (Å²) in [5.41, 5.74) is 0.702. The third-order valence-corrected chi connectivity index (χ3v) is 5.66. The molecule has 1 heterocycles. The summed E-state index contributed by atoms with van der Waals surface area (Å²) in [4.78, 5) is 34.8. The van der Waals surface area contributed by atoms with Gasteiger partial charge in [0.2, 0.25) is 11.9 Å². The van der Waals surface area contributed by atoms with Crippen LogP contribution in [0.2, 0.25) is 0 Å². The Hall–Kier alpha value is -3.87. The monoisotopic (exact) mass is 496 g/mol. The average molecular weight is 497 g/mol. The van der Waals surface area contributed by atoms with Crippen molar-refractivity contribution in [2.24, 2.45) is 5.92 Å². The predicted molar refractivity (Wildman–Crippen MR) is 136 cm³/mol. The van der Waals surface area contributed by atoms with Crippen LogP contribution in [0, 0.1) is 23.6 Å². The van der Waals surface area contributed by atoms with Gasteiger partial charge >= 0.3 is 6.09 Å². The molecule has 2 amide bonds. The summed E-state index contributed by atoms with van der Waals surface area (Å²) in [5, 5.41) is 9.02. The molecule has 9 nitrogen and oxygen atoms in total. The Morgan fingerprint density at radius 1 is 1.22 bits per heavy atom. The lowest BCUT2D eigenvalue weighted by molar-refractivity contribution is -0.126. The van der Waals surface area contributed by atoms with Crippen molar-refractivity contribution in [3.8, 4) is 11.8 Å². The number of aromatic nitrogens is 2. The van der Waals surface area contributed by atoms with Gasteiger partial charge < -0.3 is 20.7 Å². The SMILES string of the molecule is CNc1nc(Nc2ccc(F)cc2)ncc1C#C[C@H]1C[C@@H](NC(=O)[C@H](C)N(C)C(=O)OC(C)(C)C)C1. The van der Waals surface area contributed by atoms with Crippen LogP contribution in [0.5, 0.6) is 0 Å². The summed E-state index contributed by atoms with van der Waals surface area (Å²) < 4.78 is 18.4. The molecular weight excluding hydrogens is 463 g/mol. The van der Waals surface area contributed by atoms with E-state index >= 15 is 0 Å². The smallest absolute Gasteiger partial charge is 0.410 e. The first kappa shape index (κ1) is 26.7. The number of carbonyl (C=O) groups is 2. The molecule has 1 saturated carbocycles. The summed E-state index contributed by atoms with van der Waals surface area (Å²) in [6.07, 6.45) is 2.54. The summed E-state index contributed by atoms with van der Waals surface area (Å²) in [5.74, 6) is 6.87. The number of hydrogen-bond donors (Lipinski definition) is 3. The standard InChI is InChI=1S/C26H33FN6O3/c1-16(33(6)25(35)36-26(2,3)4)23(34)30-21-13-17(14-21)7-8-18-15-29-24(32-22(18)28-5)31-20-11-9-19(27)10-12-20/h9-12,15-17,21H,13-14H2,1-6H3,(H,30,34)(H2,28,29,31,32)/t16-,17-,21+/m0/s1. The second kappa shape index (κ2) is 11.2. The van der Waals surface area contributed by atoms with Crippen LogP contribution in [-0.2, 0) is 9.53 Å². The third-order valence-electron chi connectivity index (χ3n) is 5.66. The minimum absolute atomic E-state index is 0.00796. The Morgan fingerprint density at radius 3 is 2.50 bits per heavy atom. The molecule has 0 unspecified atom stereocenters. The van der Waals surface area contributed by atoms with Crippen molar-refractivity contribution in [3.05, 3.63) is 41.8 Å². The highest BCUT2D eigenvalue weighted by Crippen LogP contribution is 2.27. The topological polar surface area (TPSA) is 108 Å². The molecule has 2 aromatic rings. The van der Waals surface area contributed by atoms with Crippen molar-refractivity contribution >= 4 is 29.5 Å². The van der Waals surface area contributed by atoms with Gasteiger partial charge in [-0.05, 0) is 64.8 Å². The van der Waals surface area contributed by atoms with Crippen molar-refractivity contribution in [3.63, 3.8) is 0 Å². The first-order valence-corrected chi connectivity index (χ1v) is 11.8. The van der Waals surface area contributed by atoms with E-state index in [0.717, 1.165) is 12.8 Å². The molecule has 1 atom stereocenters. The van der Waals surface area contributed by atoms with Crippen LogP contribution in [0.4, 0.5) is 26.6 Å². The minimum Gasteiger partial charge on any atom is -0.444 e. The van der Waals surface area contributed by atoms with Gasteiger partial charge in [-0.15, -0.1) is 0 Å². The molecule has 0 bridgehead atoms. The quantitative estimate of drug-likeness (QED) is 0.521. The van der Waals surface area contributed by atoms with E-state index in [2.05, 4.69) is 37.8 Å². The number of carbonyl (C=O) groups excluding carboxylic acids is 2. The van der Waals surface area contributed by atoms with E-state index in [-0.39, 0.29) is 23.7 Å². The average Bonchev–Trinajstić information content (AvgIpc) is 2.80. The van der Waals surface area contributed by atoms with Gasteiger partial charge in [0.1, 0.15) is 23.3 Å². The number of nitrogens with zero attached hydrogens (tertiary/aromatic N) is 3. The van der Waals surface area contributed by atoms with E-state index in [1.54, 1.807) is 60.1 Å². The second-order valence-electron chi connectivity index (χ2n) is 9.75. The van der Waals surface area contributed by atoms with Crippen LogP contribution in [0.15, 0.2) is 30.5 Å². The molecule has 1 aliphatic rings. The van der Waals surface area contributed by atoms with Gasteiger partial charge in [0, 0.05) is 31.7 Å². The van der Waals surface area contributed by atoms with Crippen LogP contribution in [-0.4, -0.2) is 58.6 Å². The summed E-state index contributed by atoms with van der Waals surface area (Å²) in [6, 6.07) is 5.28. The molecule has 0 radical (unpaired) electrons. The third kappa shape index (κ3) is 7.31. The molecule has 1 aliphatic carbocycles. The molecule has 0 aliphatic heterocycles. The Balaban J connectivity index is 1.51. The Bertz CT molecular complexity index is 1150. The largest absolute Gasteiger partial charge is 0.444 e. The van der Waals surface area contributed by atoms with Gasteiger partial charge in [0.15, 0.2) is 0 Å². The lowest BCUT2D eigenvalue weighted by Gasteiger charge is -2.34. The molecular formula is C26H33FN6O3. The number of halogens is 1. The number of nitrogens with one attached hydrogen (secondary N) is 3. The van der Waals surface area contributed by atoms with Crippen molar-refractivity contribution in [1.29, 1.82) is 0 Å². The van der Waals surface area contributed by atoms with Gasteiger partial charge in [-0.3, -0.25) is 9.69 Å². The molecule has 0 spiro atoms. The van der Waals surface area contributed by atoms with E-state index < -0.39 is 17.7 Å². The number of hydrogen-bond acceptors (Lipinski definition) is 7. The fourth-order valence-corrected chi connectivity index (χ4v) is 3.41. The molecule has 3 N–H and O–H groups in total. The highest BCUT2D eigenvalue weighted by molar-refractivity contribution is 5.85. The molecule has 1 fully saturated rings. The normalized spacial score (nSPS) is 17.5. The van der Waals surface area contributed by atoms with Gasteiger partial charge in [0.25, 0.3) is 0 Å². The fourth-order valence-electron chi connectivity index (χ4n) is 3.41. The Labute approximate surface area is 211 Å². The van der Waals surface area contributed by atoms with E-state index in [1.165, 1.54) is 17.0 Å². The Kier molecular flexibility index (Phi) is 8.35. The van der Waals surface area contributed by atoms with Crippen LogP contribution >= 0.6 is 0 Å². The highest BCUT2D eigenvalue weighted by Gasteiger charge is 2.32. The molecule has 192 valence electrons. The number of anilines is 3. The molecule has 0 saturated heterocycles. The van der Waals surface area contributed by atoms with Gasteiger partial charge in [-0.2, -0.15) is 4.98 Å². The molecule has 36 heavy (non-hydrogen) atoms. The number of ether oxygens (including phenoxy) is 1. The maximum absolute atomic E-state index is 13.1. The van der Waals surface area contributed by atoms with Crippen LogP contribution < -0.4 is 16.0 Å². The highest BCUT2D eigenvalue weighted by atomic mass is 19.1. The van der Waals surface area contributed by atoms with Crippen LogP contribution in [0.1, 0.15) is 46.1 Å². The van der Waals surface area contributed by atoms with Crippen molar-refractivity contribution in [2.45, 2.75) is 58.2 Å². The zero-order chi connectivity index (χ0) is 26.5. The maximum atomic E-state index is 13.1. The van der Waals surface area contributed by atoms with Gasteiger partial charge in [-0.25, -0.2) is 14.2 Å². The fraction of sp³-hybridized carbons (Fsp3) is 0.462. The van der Waals surface area contributed by atoms with Gasteiger partial charge in [-0.1, -0.05) is 11.8 Å². The first-order chi connectivity index (χ1) is 16.9. The molecule has 3 rings (SSSR count). The number of amides is 2. The zero-order valence-corrected chi connectivity index (χ0v) is 21.5. The second-order valence-corrected chi connectivity index (χ2v) is 9.75. The maximum Gasteiger partial charge on any atom is 0.410 e. The molecule has 1 aromatic carbocycles. The molecule has 10 heteroatoms. The lowest BCUT2D eigenvalue weighted by Crippen LogP contribution is -2.52. The summed E-state index contributed by atoms with van der Waals surface area (Å²) in [6.45, 7) is 7.01. The zero-order valence-electron chi connectivity index (χ0n) is 21.5. The van der Waals surface area contributed by atoms with Crippen LogP contribution in [0.25, 0.3) is 0 Å². The minimum atomic E-state index is -0.651. The summed E-state index contributed by atoms with van der Waals surface area (Å²) in [7, 11) is 3.30. The number of likely N-dealkylation sites (N-methyl/N-ethyl adjacent to an activating group) is 1. The Morgan fingerprint density at radius 2 is 1.89 bits per heavy atom. The van der Waals surface area contributed by atoms with E-state index in [4.69, 9.17) is 4.74 Å².